The van der Waals surface area contributed by atoms with Crippen molar-refractivity contribution in [2.75, 3.05) is 13.7 Å². The first-order valence-electron chi connectivity index (χ1n) is 11.4. The summed E-state index contributed by atoms with van der Waals surface area (Å²) in [6.45, 7) is 3.85. The second-order valence-corrected chi connectivity index (χ2v) is 8.06. The van der Waals surface area contributed by atoms with Crippen molar-refractivity contribution in [1.82, 2.24) is 4.98 Å². The standard InChI is InChI=1S/C29H30N3O2/c1-22-12-15-31-26(18-22)27-19-24(13-16-32(27)17-14-30)9-8-23-10-11-28(33-2)29(20-23)34-21-25-6-4-3-5-7-25/h3-13,15-16,18-20H,14,17,21,30H2,1-2H3/q+1/b9-8+. The number of hydrogen-bond acceptors (Lipinski definition) is 4. The van der Waals surface area contributed by atoms with Crippen LogP contribution in [0.5, 0.6) is 11.5 Å². The molecule has 2 aromatic carbocycles. The highest BCUT2D eigenvalue weighted by Gasteiger charge is 2.14. The predicted octanol–water partition coefficient (Wildman–Crippen LogP) is 5.06. The van der Waals surface area contributed by atoms with E-state index in [1.165, 1.54) is 5.56 Å². The predicted molar refractivity (Wildman–Crippen MR) is 136 cm³/mol. The van der Waals surface area contributed by atoms with Crippen LogP contribution in [-0.2, 0) is 13.2 Å². The Hall–Kier alpha value is -3.96. The smallest absolute Gasteiger partial charge is 0.231 e. The van der Waals surface area contributed by atoms with Crippen LogP contribution in [0.15, 0.2) is 85.2 Å². The summed E-state index contributed by atoms with van der Waals surface area (Å²) in [7, 11) is 1.65. The lowest BCUT2D eigenvalue weighted by Crippen LogP contribution is -2.39. The number of hydrogen-bond donors (Lipinski definition) is 1. The molecule has 0 atom stereocenters. The minimum atomic E-state index is 0.483. The minimum absolute atomic E-state index is 0.483. The highest BCUT2D eigenvalue weighted by atomic mass is 16.5. The van der Waals surface area contributed by atoms with Crippen LogP contribution in [0.1, 0.15) is 22.3 Å². The van der Waals surface area contributed by atoms with Gasteiger partial charge < -0.3 is 15.2 Å². The van der Waals surface area contributed by atoms with Crippen molar-refractivity contribution in [1.29, 1.82) is 0 Å². The largest absolute Gasteiger partial charge is 0.493 e. The molecular formula is C29H30N3O2+. The van der Waals surface area contributed by atoms with E-state index >= 15 is 0 Å². The van der Waals surface area contributed by atoms with Crippen LogP contribution in [0.4, 0.5) is 0 Å². The van der Waals surface area contributed by atoms with Gasteiger partial charge in [0.1, 0.15) is 12.3 Å². The fraction of sp³-hybridized carbons (Fsp3) is 0.172. The molecule has 5 heteroatoms. The van der Waals surface area contributed by atoms with Gasteiger partial charge in [-0.05, 0) is 53.4 Å². The third-order valence-corrected chi connectivity index (χ3v) is 5.50. The molecule has 0 fully saturated rings. The minimum Gasteiger partial charge on any atom is -0.493 e. The van der Waals surface area contributed by atoms with Crippen molar-refractivity contribution >= 4 is 12.2 Å². The normalized spacial score (nSPS) is 11.0. The maximum atomic E-state index is 6.06. The summed E-state index contributed by atoms with van der Waals surface area (Å²) in [5, 5.41) is 0. The topological polar surface area (TPSA) is 61.2 Å². The summed E-state index contributed by atoms with van der Waals surface area (Å²) in [5.74, 6) is 1.43. The highest BCUT2D eigenvalue weighted by molar-refractivity contribution is 5.72. The SMILES string of the molecule is COc1ccc(/C=C/c2cc[n+](CCN)c(-c3cc(C)ccn3)c2)cc1OCc1ccccc1. The van der Waals surface area contributed by atoms with E-state index in [0.29, 0.717) is 24.7 Å². The van der Waals surface area contributed by atoms with Crippen LogP contribution >= 0.6 is 0 Å². The Labute approximate surface area is 201 Å². The first kappa shape index (κ1) is 23.2. The zero-order chi connectivity index (χ0) is 23.8. The number of aromatic nitrogens is 2. The van der Waals surface area contributed by atoms with Crippen LogP contribution in [0.25, 0.3) is 23.5 Å². The second-order valence-electron chi connectivity index (χ2n) is 8.06. The molecule has 0 aliphatic rings. The second kappa shape index (κ2) is 11.3. The van der Waals surface area contributed by atoms with Crippen LogP contribution in [0.2, 0.25) is 0 Å². The quantitative estimate of drug-likeness (QED) is 0.361. The molecule has 0 aliphatic heterocycles. The van der Waals surface area contributed by atoms with E-state index in [9.17, 15) is 0 Å². The molecule has 0 radical (unpaired) electrons. The van der Waals surface area contributed by atoms with Gasteiger partial charge in [0.25, 0.3) is 0 Å². The lowest BCUT2D eigenvalue weighted by molar-refractivity contribution is -0.683. The zero-order valence-electron chi connectivity index (χ0n) is 19.6. The number of aryl methyl sites for hydroxylation is 1. The summed E-state index contributed by atoms with van der Waals surface area (Å²) in [6, 6.07) is 24.4. The Balaban J connectivity index is 1.58. The van der Waals surface area contributed by atoms with Gasteiger partial charge in [0.05, 0.1) is 13.7 Å². The first-order chi connectivity index (χ1) is 16.7. The lowest BCUT2D eigenvalue weighted by atomic mass is 10.1. The summed E-state index contributed by atoms with van der Waals surface area (Å²) in [5.41, 5.74) is 12.2. The van der Waals surface area contributed by atoms with Gasteiger partial charge in [-0.3, -0.25) is 0 Å². The fourth-order valence-corrected chi connectivity index (χ4v) is 3.72. The third-order valence-electron chi connectivity index (χ3n) is 5.50. The molecule has 4 aromatic rings. The first-order valence-corrected chi connectivity index (χ1v) is 11.4. The number of ether oxygens (including phenoxy) is 2. The van der Waals surface area contributed by atoms with Crippen LogP contribution in [-0.4, -0.2) is 18.6 Å². The van der Waals surface area contributed by atoms with Crippen LogP contribution < -0.4 is 19.8 Å². The van der Waals surface area contributed by atoms with E-state index in [2.05, 4.69) is 53.0 Å². The Morgan fingerprint density at radius 3 is 2.44 bits per heavy atom. The molecule has 2 N–H and O–H groups in total. The Kier molecular flexibility index (Phi) is 7.68. The molecule has 0 bridgehead atoms. The molecule has 2 heterocycles. The maximum Gasteiger partial charge on any atom is 0.231 e. The van der Waals surface area contributed by atoms with Gasteiger partial charge in [-0.2, -0.15) is 4.57 Å². The number of nitrogens with zero attached hydrogens (tertiary/aromatic N) is 2. The fourth-order valence-electron chi connectivity index (χ4n) is 3.72. The van der Waals surface area contributed by atoms with E-state index in [1.54, 1.807) is 7.11 Å². The molecule has 0 aliphatic carbocycles. The molecule has 0 amide bonds. The molecule has 0 saturated heterocycles. The molecule has 172 valence electrons. The van der Waals surface area contributed by atoms with Crippen molar-refractivity contribution in [3.05, 3.63) is 107 Å². The summed E-state index contributed by atoms with van der Waals surface area (Å²) in [6.07, 6.45) is 8.07. The van der Waals surface area contributed by atoms with Crippen LogP contribution in [0.3, 0.4) is 0 Å². The zero-order valence-corrected chi connectivity index (χ0v) is 19.6. The third kappa shape index (κ3) is 5.88. The Morgan fingerprint density at radius 1 is 0.912 bits per heavy atom. The molecule has 0 saturated carbocycles. The molecule has 0 spiro atoms. The number of pyridine rings is 2. The van der Waals surface area contributed by atoms with E-state index in [4.69, 9.17) is 15.2 Å². The number of benzene rings is 2. The average molecular weight is 453 g/mol. The highest BCUT2D eigenvalue weighted by Crippen LogP contribution is 2.29. The van der Waals surface area contributed by atoms with Gasteiger partial charge in [-0.1, -0.05) is 48.6 Å². The molecule has 0 unspecified atom stereocenters. The van der Waals surface area contributed by atoms with Gasteiger partial charge >= 0.3 is 0 Å². The molecule has 2 aromatic heterocycles. The summed E-state index contributed by atoms with van der Waals surface area (Å²) >= 11 is 0. The maximum absolute atomic E-state index is 6.06. The van der Waals surface area contributed by atoms with Crippen molar-refractivity contribution in [3.8, 4) is 22.9 Å². The van der Waals surface area contributed by atoms with E-state index in [0.717, 1.165) is 34.6 Å². The summed E-state index contributed by atoms with van der Waals surface area (Å²) < 4.78 is 13.7. The van der Waals surface area contributed by atoms with Gasteiger partial charge in [0.2, 0.25) is 5.69 Å². The van der Waals surface area contributed by atoms with E-state index < -0.39 is 0 Å². The van der Waals surface area contributed by atoms with Crippen molar-refractivity contribution in [3.63, 3.8) is 0 Å². The number of nitrogens with two attached hydrogens (primary N) is 1. The van der Waals surface area contributed by atoms with Crippen molar-refractivity contribution in [2.45, 2.75) is 20.1 Å². The van der Waals surface area contributed by atoms with Gasteiger partial charge in [-0.25, -0.2) is 4.98 Å². The summed E-state index contributed by atoms with van der Waals surface area (Å²) in [4.78, 5) is 4.57. The van der Waals surface area contributed by atoms with Crippen molar-refractivity contribution in [2.24, 2.45) is 5.73 Å². The van der Waals surface area contributed by atoms with Crippen molar-refractivity contribution < 1.29 is 14.0 Å². The monoisotopic (exact) mass is 452 g/mol. The van der Waals surface area contributed by atoms with E-state index in [-0.39, 0.29) is 0 Å². The lowest BCUT2D eigenvalue weighted by Gasteiger charge is -2.11. The average Bonchev–Trinajstić information content (AvgIpc) is 2.87. The Morgan fingerprint density at radius 2 is 1.71 bits per heavy atom. The van der Waals surface area contributed by atoms with E-state index in [1.807, 2.05) is 60.8 Å². The van der Waals surface area contributed by atoms with Gasteiger partial charge in [-0.15, -0.1) is 0 Å². The Bertz CT molecular complexity index is 1270. The molecule has 34 heavy (non-hydrogen) atoms. The molecule has 4 rings (SSSR count). The van der Waals surface area contributed by atoms with Gasteiger partial charge in [0, 0.05) is 18.3 Å². The molecule has 5 nitrogen and oxygen atoms in total. The molecular weight excluding hydrogens is 422 g/mol. The number of rotatable bonds is 9. The number of methoxy groups -OCH3 is 1. The van der Waals surface area contributed by atoms with Gasteiger partial charge in [0.15, 0.2) is 24.2 Å². The van der Waals surface area contributed by atoms with Crippen LogP contribution in [0, 0.1) is 6.92 Å².